The van der Waals surface area contributed by atoms with Crippen molar-refractivity contribution in [3.05, 3.63) is 17.5 Å². The van der Waals surface area contributed by atoms with Crippen LogP contribution < -0.4 is 5.73 Å². The van der Waals surface area contributed by atoms with E-state index in [-0.39, 0.29) is 18.9 Å². The molecule has 1 aliphatic heterocycles. The molecule has 0 aliphatic carbocycles. The van der Waals surface area contributed by atoms with Crippen LogP contribution in [0.5, 0.6) is 0 Å². The maximum atomic E-state index is 12.1. The zero-order valence-electron chi connectivity index (χ0n) is 9.38. The number of primary amides is 1. The first kappa shape index (κ1) is 11.6. The standard InChI is InChI=1S/C10H14N4O3/c1-5-7(3-12-13-5)10(17)14-4-6(15)2-8(14)9(11)16/h3,6,8,15H,2,4H2,1H3,(H2,11,16)(H,12,13). The predicted octanol–water partition coefficient (Wildman–Crippen LogP) is -1.22. The molecule has 92 valence electrons. The Bertz CT molecular complexity index is 456. The molecule has 0 spiro atoms. The third kappa shape index (κ3) is 2.01. The number of H-pyrrole nitrogens is 1. The summed E-state index contributed by atoms with van der Waals surface area (Å²) in [4.78, 5) is 24.6. The van der Waals surface area contributed by atoms with Crippen LogP contribution in [0, 0.1) is 6.92 Å². The van der Waals surface area contributed by atoms with Crippen LogP contribution in [0.1, 0.15) is 22.5 Å². The van der Waals surface area contributed by atoms with Crippen LogP contribution in [0.15, 0.2) is 6.20 Å². The van der Waals surface area contributed by atoms with E-state index in [9.17, 15) is 14.7 Å². The van der Waals surface area contributed by atoms with Crippen LogP contribution in [-0.4, -0.2) is 50.7 Å². The molecule has 7 nitrogen and oxygen atoms in total. The van der Waals surface area contributed by atoms with Gasteiger partial charge in [0.05, 0.1) is 17.9 Å². The Morgan fingerprint density at radius 2 is 2.35 bits per heavy atom. The molecular formula is C10H14N4O3. The van der Waals surface area contributed by atoms with Crippen molar-refractivity contribution in [2.75, 3.05) is 6.54 Å². The Kier molecular flexibility index (Phi) is 2.84. The molecule has 1 aliphatic rings. The van der Waals surface area contributed by atoms with Gasteiger partial charge in [0.25, 0.3) is 5.91 Å². The summed E-state index contributed by atoms with van der Waals surface area (Å²) in [7, 11) is 0. The van der Waals surface area contributed by atoms with Gasteiger partial charge in [0.15, 0.2) is 0 Å². The van der Waals surface area contributed by atoms with E-state index in [0.29, 0.717) is 11.3 Å². The molecule has 0 bridgehead atoms. The number of hydrogen-bond donors (Lipinski definition) is 3. The first-order chi connectivity index (χ1) is 8.00. The van der Waals surface area contributed by atoms with Crippen molar-refractivity contribution < 1.29 is 14.7 Å². The van der Waals surface area contributed by atoms with Crippen molar-refractivity contribution in [2.45, 2.75) is 25.5 Å². The van der Waals surface area contributed by atoms with Gasteiger partial charge in [-0.25, -0.2) is 0 Å². The van der Waals surface area contributed by atoms with Crippen molar-refractivity contribution in [1.29, 1.82) is 0 Å². The Balaban J connectivity index is 2.25. The van der Waals surface area contributed by atoms with Crippen LogP contribution in [-0.2, 0) is 4.79 Å². The van der Waals surface area contributed by atoms with Crippen molar-refractivity contribution in [3.8, 4) is 0 Å². The highest BCUT2D eigenvalue weighted by Crippen LogP contribution is 2.21. The summed E-state index contributed by atoms with van der Waals surface area (Å²) in [5.41, 5.74) is 6.23. The first-order valence-corrected chi connectivity index (χ1v) is 5.29. The number of rotatable bonds is 2. The van der Waals surface area contributed by atoms with E-state index in [4.69, 9.17) is 5.73 Å². The minimum absolute atomic E-state index is 0.122. The van der Waals surface area contributed by atoms with E-state index in [1.54, 1.807) is 6.92 Å². The molecule has 1 aromatic heterocycles. The first-order valence-electron chi connectivity index (χ1n) is 5.29. The quantitative estimate of drug-likeness (QED) is 0.599. The zero-order chi connectivity index (χ0) is 12.6. The summed E-state index contributed by atoms with van der Waals surface area (Å²) in [6, 6.07) is -0.744. The molecule has 0 saturated carbocycles. The lowest BCUT2D eigenvalue weighted by atomic mass is 10.1. The van der Waals surface area contributed by atoms with Crippen molar-refractivity contribution >= 4 is 11.8 Å². The molecule has 7 heteroatoms. The molecule has 2 atom stereocenters. The van der Waals surface area contributed by atoms with Gasteiger partial charge in [-0.2, -0.15) is 5.10 Å². The largest absolute Gasteiger partial charge is 0.391 e. The number of aliphatic hydroxyl groups excluding tert-OH is 1. The molecule has 1 aromatic rings. The minimum atomic E-state index is -0.744. The average molecular weight is 238 g/mol. The van der Waals surface area contributed by atoms with Gasteiger partial charge in [0.2, 0.25) is 5.91 Å². The highest BCUT2D eigenvalue weighted by molar-refractivity contribution is 5.98. The zero-order valence-corrected chi connectivity index (χ0v) is 9.38. The predicted molar refractivity (Wildman–Crippen MR) is 58.0 cm³/mol. The monoisotopic (exact) mass is 238 g/mol. The van der Waals surface area contributed by atoms with E-state index >= 15 is 0 Å². The molecular weight excluding hydrogens is 224 g/mol. The van der Waals surface area contributed by atoms with Crippen LogP contribution in [0.3, 0.4) is 0 Å². The summed E-state index contributed by atoms with van der Waals surface area (Å²) in [5.74, 6) is -0.937. The van der Waals surface area contributed by atoms with Crippen molar-refractivity contribution in [1.82, 2.24) is 15.1 Å². The van der Waals surface area contributed by atoms with E-state index in [2.05, 4.69) is 10.2 Å². The van der Waals surface area contributed by atoms with E-state index in [0.717, 1.165) is 0 Å². The summed E-state index contributed by atoms with van der Waals surface area (Å²) < 4.78 is 0. The molecule has 4 N–H and O–H groups in total. The van der Waals surface area contributed by atoms with Crippen LogP contribution >= 0.6 is 0 Å². The fraction of sp³-hybridized carbons (Fsp3) is 0.500. The second-order valence-electron chi connectivity index (χ2n) is 4.17. The SMILES string of the molecule is Cc1[nH]ncc1C(=O)N1CC(O)CC1C(N)=O. The van der Waals surface area contributed by atoms with Gasteiger partial charge in [0.1, 0.15) is 6.04 Å². The number of carbonyl (C=O) groups is 2. The number of nitrogens with two attached hydrogens (primary N) is 1. The molecule has 2 heterocycles. The summed E-state index contributed by atoms with van der Waals surface area (Å²) in [6.45, 7) is 1.84. The lowest BCUT2D eigenvalue weighted by molar-refractivity contribution is -0.121. The molecule has 1 fully saturated rings. The maximum Gasteiger partial charge on any atom is 0.258 e. The number of likely N-dealkylation sites (tertiary alicyclic amines) is 1. The maximum absolute atomic E-state index is 12.1. The summed E-state index contributed by atoms with van der Waals surface area (Å²) in [5, 5.41) is 15.9. The summed E-state index contributed by atoms with van der Waals surface area (Å²) >= 11 is 0. The van der Waals surface area contributed by atoms with Gasteiger partial charge in [-0.1, -0.05) is 0 Å². The van der Waals surface area contributed by atoms with Crippen molar-refractivity contribution in [2.24, 2.45) is 5.73 Å². The fourth-order valence-electron chi connectivity index (χ4n) is 2.03. The van der Waals surface area contributed by atoms with Crippen LogP contribution in [0.2, 0.25) is 0 Å². The molecule has 2 rings (SSSR count). The van der Waals surface area contributed by atoms with E-state index in [1.807, 2.05) is 0 Å². The van der Waals surface area contributed by atoms with E-state index in [1.165, 1.54) is 11.1 Å². The fourth-order valence-corrected chi connectivity index (χ4v) is 2.03. The highest BCUT2D eigenvalue weighted by Gasteiger charge is 2.38. The molecule has 0 radical (unpaired) electrons. The number of aromatic amines is 1. The van der Waals surface area contributed by atoms with Gasteiger partial charge >= 0.3 is 0 Å². The Morgan fingerprint density at radius 3 is 2.88 bits per heavy atom. The highest BCUT2D eigenvalue weighted by atomic mass is 16.3. The van der Waals surface area contributed by atoms with Crippen LogP contribution in [0.25, 0.3) is 0 Å². The lowest BCUT2D eigenvalue weighted by Crippen LogP contribution is -2.43. The normalized spacial score (nSPS) is 24.0. The van der Waals surface area contributed by atoms with Gasteiger partial charge in [0, 0.05) is 18.7 Å². The average Bonchev–Trinajstić information content (AvgIpc) is 2.83. The Morgan fingerprint density at radius 1 is 1.65 bits per heavy atom. The number of β-amino-alcohol motifs (C(OH)–C–C–N with tert-alkyl or cyclic N) is 1. The van der Waals surface area contributed by atoms with Gasteiger partial charge in [-0.15, -0.1) is 0 Å². The number of nitrogens with one attached hydrogen (secondary N) is 1. The molecule has 2 amide bonds. The van der Waals surface area contributed by atoms with Gasteiger partial charge in [-0.05, 0) is 6.92 Å². The number of nitrogens with zero attached hydrogens (tertiary/aromatic N) is 2. The molecule has 17 heavy (non-hydrogen) atoms. The number of aliphatic hydroxyl groups is 1. The molecule has 1 saturated heterocycles. The second-order valence-corrected chi connectivity index (χ2v) is 4.17. The lowest BCUT2D eigenvalue weighted by Gasteiger charge is -2.21. The van der Waals surface area contributed by atoms with Crippen molar-refractivity contribution in [3.63, 3.8) is 0 Å². The molecule has 2 unspecified atom stereocenters. The number of amides is 2. The Labute approximate surface area is 97.6 Å². The van der Waals surface area contributed by atoms with Gasteiger partial charge < -0.3 is 15.7 Å². The topological polar surface area (TPSA) is 112 Å². The van der Waals surface area contributed by atoms with E-state index < -0.39 is 18.1 Å². The van der Waals surface area contributed by atoms with Crippen LogP contribution in [0.4, 0.5) is 0 Å². The third-order valence-corrected chi connectivity index (χ3v) is 2.93. The Hall–Kier alpha value is -1.89. The number of hydrogen-bond acceptors (Lipinski definition) is 4. The number of aryl methyl sites for hydroxylation is 1. The number of carbonyl (C=O) groups excluding carboxylic acids is 2. The third-order valence-electron chi connectivity index (χ3n) is 2.93. The molecule has 0 aromatic carbocycles. The minimum Gasteiger partial charge on any atom is -0.391 e. The second kappa shape index (κ2) is 4.17. The number of aromatic nitrogens is 2. The smallest absolute Gasteiger partial charge is 0.258 e. The van der Waals surface area contributed by atoms with Gasteiger partial charge in [-0.3, -0.25) is 14.7 Å². The summed E-state index contributed by atoms with van der Waals surface area (Å²) in [6.07, 6.45) is 0.891.